The van der Waals surface area contributed by atoms with Crippen LogP contribution in [0.4, 0.5) is 5.69 Å². The van der Waals surface area contributed by atoms with E-state index in [1.165, 1.54) is 0 Å². The molecule has 1 aromatic rings. The average molecular weight is 264 g/mol. The van der Waals surface area contributed by atoms with E-state index in [1.807, 2.05) is 58.9 Å². The van der Waals surface area contributed by atoms with Crippen LogP contribution in [0.15, 0.2) is 24.3 Å². The summed E-state index contributed by atoms with van der Waals surface area (Å²) in [6.07, 6.45) is 0.134. The van der Waals surface area contributed by atoms with Crippen LogP contribution in [-0.2, 0) is 4.79 Å². The summed E-state index contributed by atoms with van der Waals surface area (Å²) in [5, 5.41) is 2.81. The maximum atomic E-state index is 12.0. The molecule has 1 amide bonds. The largest absolute Gasteiger partial charge is 0.491 e. The van der Waals surface area contributed by atoms with Crippen molar-refractivity contribution in [1.29, 1.82) is 0 Å². The van der Waals surface area contributed by atoms with E-state index in [-0.39, 0.29) is 17.4 Å². The lowest BCUT2D eigenvalue weighted by molar-refractivity contribution is -0.119. The van der Waals surface area contributed by atoms with Gasteiger partial charge < -0.3 is 15.8 Å². The molecule has 0 radical (unpaired) electrons. The van der Waals surface area contributed by atoms with Crippen molar-refractivity contribution in [3.8, 4) is 5.75 Å². The predicted molar refractivity (Wildman–Crippen MR) is 78.3 cm³/mol. The second kappa shape index (κ2) is 6.06. The van der Waals surface area contributed by atoms with Crippen LogP contribution >= 0.6 is 0 Å². The zero-order valence-corrected chi connectivity index (χ0v) is 12.4. The van der Waals surface area contributed by atoms with Gasteiger partial charge in [-0.25, -0.2) is 0 Å². The molecule has 106 valence electrons. The highest BCUT2D eigenvalue weighted by atomic mass is 16.5. The Labute approximate surface area is 115 Å². The number of carbonyl (C=O) groups excluding carboxylic acids is 1. The molecule has 1 rings (SSSR count). The summed E-state index contributed by atoms with van der Waals surface area (Å²) >= 11 is 0. The SMILES string of the molecule is CC(C)Oc1ccc(NC(=O)C(N)C(C)(C)C)cc1. The van der Waals surface area contributed by atoms with Crippen LogP contribution < -0.4 is 15.8 Å². The molecular formula is C15H24N2O2. The van der Waals surface area contributed by atoms with Crippen molar-refractivity contribution in [2.24, 2.45) is 11.1 Å². The van der Waals surface area contributed by atoms with Crippen molar-refractivity contribution >= 4 is 11.6 Å². The third-order valence-corrected chi connectivity index (χ3v) is 2.71. The van der Waals surface area contributed by atoms with E-state index < -0.39 is 6.04 Å². The lowest BCUT2D eigenvalue weighted by Gasteiger charge is -2.25. The quantitative estimate of drug-likeness (QED) is 0.879. The van der Waals surface area contributed by atoms with Gasteiger partial charge in [0.2, 0.25) is 5.91 Å². The van der Waals surface area contributed by atoms with Crippen LogP contribution in [0, 0.1) is 5.41 Å². The maximum absolute atomic E-state index is 12.0. The number of nitrogens with one attached hydrogen (secondary N) is 1. The highest BCUT2D eigenvalue weighted by molar-refractivity contribution is 5.95. The minimum absolute atomic E-state index is 0.134. The molecule has 0 aromatic heterocycles. The third kappa shape index (κ3) is 4.91. The number of rotatable bonds is 4. The molecule has 0 spiro atoms. The van der Waals surface area contributed by atoms with Gasteiger partial charge in [0.05, 0.1) is 12.1 Å². The number of benzene rings is 1. The highest BCUT2D eigenvalue weighted by Gasteiger charge is 2.27. The molecule has 0 saturated carbocycles. The van der Waals surface area contributed by atoms with Crippen LogP contribution in [0.25, 0.3) is 0 Å². The summed E-state index contributed by atoms with van der Waals surface area (Å²) in [7, 11) is 0. The molecule has 1 unspecified atom stereocenters. The van der Waals surface area contributed by atoms with Crippen molar-refractivity contribution < 1.29 is 9.53 Å². The Hall–Kier alpha value is -1.55. The molecule has 0 aliphatic rings. The number of carbonyl (C=O) groups is 1. The molecule has 0 bridgehead atoms. The van der Waals surface area contributed by atoms with Crippen LogP contribution in [-0.4, -0.2) is 18.1 Å². The van der Waals surface area contributed by atoms with Crippen LogP contribution in [0.2, 0.25) is 0 Å². The summed E-state index contributed by atoms with van der Waals surface area (Å²) in [6.45, 7) is 9.76. The van der Waals surface area contributed by atoms with Gasteiger partial charge in [-0.1, -0.05) is 20.8 Å². The standard InChI is InChI=1S/C15H24N2O2/c1-10(2)19-12-8-6-11(7-9-12)17-14(18)13(16)15(3,4)5/h6-10,13H,16H2,1-5H3,(H,17,18). The van der Waals surface area contributed by atoms with Gasteiger partial charge in [-0.2, -0.15) is 0 Å². The normalized spacial score (nSPS) is 13.2. The minimum Gasteiger partial charge on any atom is -0.491 e. The molecule has 4 nitrogen and oxygen atoms in total. The van der Waals surface area contributed by atoms with E-state index in [9.17, 15) is 4.79 Å². The second-order valence-electron chi connectivity index (χ2n) is 6.02. The van der Waals surface area contributed by atoms with Gasteiger partial charge in [0.15, 0.2) is 0 Å². The Morgan fingerprint density at radius 1 is 1.21 bits per heavy atom. The molecule has 0 aliphatic heterocycles. The maximum Gasteiger partial charge on any atom is 0.241 e. The van der Waals surface area contributed by atoms with Crippen molar-refractivity contribution in [2.75, 3.05) is 5.32 Å². The van der Waals surface area contributed by atoms with Crippen molar-refractivity contribution in [3.05, 3.63) is 24.3 Å². The van der Waals surface area contributed by atoms with Gasteiger partial charge in [-0.3, -0.25) is 4.79 Å². The van der Waals surface area contributed by atoms with E-state index >= 15 is 0 Å². The van der Waals surface area contributed by atoms with Gasteiger partial charge in [0.25, 0.3) is 0 Å². The molecule has 19 heavy (non-hydrogen) atoms. The van der Waals surface area contributed by atoms with E-state index in [2.05, 4.69) is 5.32 Å². The van der Waals surface area contributed by atoms with Crippen molar-refractivity contribution in [3.63, 3.8) is 0 Å². The number of anilines is 1. The fraction of sp³-hybridized carbons (Fsp3) is 0.533. The monoisotopic (exact) mass is 264 g/mol. The first kappa shape index (κ1) is 15.5. The van der Waals surface area contributed by atoms with Crippen molar-refractivity contribution in [1.82, 2.24) is 0 Å². The van der Waals surface area contributed by atoms with Crippen LogP contribution in [0.1, 0.15) is 34.6 Å². The van der Waals surface area contributed by atoms with E-state index in [1.54, 1.807) is 0 Å². The van der Waals surface area contributed by atoms with E-state index in [0.717, 1.165) is 11.4 Å². The topological polar surface area (TPSA) is 64.3 Å². The van der Waals surface area contributed by atoms with Crippen molar-refractivity contribution in [2.45, 2.75) is 46.8 Å². The molecule has 3 N–H and O–H groups in total. The first-order valence-electron chi connectivity index (χ1n) is 6.53. The summed E-state index contributed by atoms with van der Waals surface area (Å²) in [6, 6.07) is 6.74. The fourth-order valence-electron chi connectivity index (χ4n) is 1.50. The smallest absolute Gasteiger partial charge is 0.241 e. The van der Waals surface area contributed by atoms with Gasteiger partial charge in [-0.15, -0.1) is 0 Å². The predicted octanol–water partition coefficient (Wildman–Crippen LogP) is 2.79. The lowest BCUT2D eigenvalue weighted by Crippen LogP contribution is -2.45. The van der Waals surface area contributed by atoms with E-state index in [0.29, 0.717) is 0 Å². The number of ether oxygens (including phenoxy) is 1. The van der Waals surface area contributed by atoms with Crippen LogP contribution in [0.3, 0.4) is 0 Å². The zero-order chi connectivity index (χ0) is 14.6. The Balaban J connectivity index is 2.65. The van der Waals surface area contributed by atoms with Gasteiger partial charge in [0, 0.05) is 5.69 Å². The molecule has 0 aliphatic carbocycles. The summed E-state index contributed by atoms with van der Waals surface area (Å²) in [4.78, 5) is 12.0. The number of nitrogens with two attached hydrogens (primary N) is 1. The molecule has 0 saturated heterocycles. The lowest BCUT2D eigenvalue weighted by atomic mass is 9.87. The average Bonchev–Trinajstić information content (AvgIpc) is 2.28. The minimum atomic E-state index is -0.543. The Morgan fingerprint density at radius 2 is 1.74 bits per heavy atom. The highest BCUT2D eigenvalue weighted by Crippen LogP contribution is 2.20. The fourth-order valence-corrected chi connectivity index (χ4v) is 1.50. The number of amides is 1. The molecule has 1 atom stereocenters. The van der Waals surface area contributed by atoms with Gasteiger partial charge in [0.1, 0.15) is 5.75 Å². The molecule has 0 heterocycles. The van der Waals surface area contributed by atoms with Gasteiger partial charge >= 0.3 is 0 Å². The second-order valence-corrected chi connectivity index (χ2v) is 6.02. The third-order valence-electron chi connectivity index (χ3n) is 2.71. The summed E-state index contributed by atoms with van der Waals surface area (Å²) in [5.41, 5.74) is 6.36. The summed E-state index contributed by atoms with van der Waals surface area (Å²) < 4.78 is 5.54. The Bertz CT molecular complexity index is 419. The first-order valence-corrected chi connectivity index (χ1v) is 6.53. The number of hydrogen-bond donors (Lipinski definition) is 2. The zero-order valence-electron chi connectivity index (χ0n) is 12.4. The Morgan fingerprint density at radius 3 is 2.16 bits per heavy atom. The van der Waals surface area contributed by atoms with E-state index in [4.69, 9.17) is 10.5 Å². The molecule has 0 fully saturated rings. The number of hydrogen-bond acceptors (Lipinski definition) is 3. The summed E-state index contributed by atoms with van der Waals surface area (Å²) in [5.74, 6) is 0.609. The molecular weight excluding hydrogens is 240 g/mol. The first-order chi connectivity index (χ1) is 8.70. The molecule has 1 aromatic carbocycles. The van der Waals surface area contributed by atoms with Gasteiger partial charge in [-0.05, 0) is 43.5 Å². The molecule has 4 heteroatoms. The van der Waals surface area contributed by atoms with Crippen LogP contribution in [0.5, 0.6) is 5.75 Å². The Kier molecular flexibility index (Phi) is 4.95.